The molecular weight excluding hydrogens is 172 g/mol. The average molecular weight is 198 g/mol. The standard InChI is InChI=1S/C12H26N2/c1-10-6-7-14(8-11(10)2)12(3,4)9-13-5/h10-11,13H,6-9H2,1-5H3. The fourth-order valence-electron chi connectivity index (χ4n) is 2.36. The maximum Gasteiger partial charge on any atom is 0.0277 e. The maximum absolute atomic E-state index is 3.29. The second-order valence-electron chi connectivity index (χ2n) is 5.53. The van der Waals surface area contributed by atoms with Gasteiger partial charge in [0.05, 0.1) is 0 Å². The van der Waals surface area contributed by atoms with Gasteiger partial charge in [0.2, 0.25) is 0 Å². The molecule has 1 heterocycles. The number of likely N-dealkylation sites (tertiary alicyclic amines) is 1. The van der Waals surface area contributed by atoms with Crippen LogP contribution in [0.5, 0.6) is 0 Å². The van der Waals surface area contributed by atoms with Gasteiger partial charge in [-0.25, -0.2) is 0 Å². The van der Waals surface area contributed by atoms with Crippen LogP contribution in [0.15, 0.2) is 0 Å². The van der Waals surface area contributed by atoms with Crippen molar-refractivity contribution in [3.8, 4) is 0 Å². The normalized spacial score (nSPS) is 30.6. The van der Waals surface area contributed by atoms with Crippen molar-refractivity contribution in [1.82, 2.24) is 10.2 Å². The third-order valence-electron chi connectivity index (χ3n) is 3.80. The van der Waals surface area contributed by atoms with E-state index in [1.807, 2.05) is 7.05 Å². The van der Waals surface area contributed by atoms with E-state index < -0.39 is 0 Å². The van der Waals surface area contributed by atoms with Crippen molar-refractivity contribution in [3.05, 3.63) is 0 Å². The van der Waals surface area contributed by atoms with Gasteiger partial charge in [-0.1, -0.05) is 13.8 Å². The highest BCUT2D eigenvalue weighted by atomic mass is 15.2. The topological polar surface area (TPSA) is 15.3 Å². The zero-order valence-corrected chi connectivity index (χ0v) is 10.4. The second-order valence-corrected chi connectivity index (χ2v) is 5.53. The Morgan fingerprint density at radius 3 is 2.43 bits per heavy atom. The number of rotatable bonds is 3. The highest BCUT2D eigenvalue weighted by Crippen LogP contribution is 2.27. The Hall–Kier alpha value is -0.0800. The maximum atomic E-state index is 3.29. The molecule has 0 aromatic rings. The molecule has 2 unspecified atom stereocenters. The Labute approximate surface area is 89.1 Å². The molecule has 2 nitrogen and oxygen atoms in total. The van der Waals surface area contributed by atoms with Crippen LogP contribution in [0.3, 0.4) is 0 Å². The van der Waals surface area contributed by atoms with E-state index in [2.05, 4.69) is 37.9 Å². The number of hydrogen-bond donors (Lipinski definition) is 1. The van der Waals surface area contributed by atoms with Crippen LogP contribution < -0.4 is 5.32 Å². The van der Waals surface area contributed by atoms with Crippen molar-refractivity contribution in [1.29, 1.82) is 0 Å². The van der Waals surface area contributed by atoms with E-state index in [4.69, 9.17) is 0 Å². The van der Waals surface area contributed by atoms with Gasteiger partial charge in [-0.2, -0.15) is 0 Å². The fourth-order valence-corrected chi connectivity index (χ4v) is 2.36. The summed E-state index contributed by atoms with van der Waals surface area (Å²) in [4.78, 5) is 2.63. The molecule has 0 aliphatic carbocycles. The van der Waals surface area contributed by atoms with Crippen molar-refractivity contribution in [2.75, 3.05) is 26.7 Å². The van der Waals surface area contributed by atoms with Crippen molar-refractivity contribution in [2.24, 2.45) is 11.8 Å². The molecule has 0 aromatic carbocycles. The van der Waals surface area contributed by atoms with Crippen molar-refractivity contribution in [2.45, 2.75) is 39.7 Å². The molecule has 0 spiro atoms. The van der Waals surface area contributed by atoms with Gasteiger partial charge in [0.15, 0.2) is 0 Å². The predicted molar refractivity (Wildman–Crippen MR) is 62.5 cm³/mol. The minimum atomic E-state index is 0.309. The van der Waals surface area contributed by atoms with E-state index >= 15 is 0 Å². The Balaban J connectivity index is 2.53. The van der Waals surface area contributed by atoms with Gasteiger partial charge in [-0.05, 0) is 45.7 Å². The summed E-state index contributed by atoms with van der Waals surface area (Å²) in [6, 6.07) is 0. The molecule has 1 aliphatic heterocycles. The highest BCUT2D eigenvalue weighted by molar-refractivity contribution is 4.88. The largest absolute Gasteiger partial charge is 0.318 e. The van der Waals surface area contributed by atoms with E-state index in [1.165, 1.54) is 19.5 Å². The molecule has 1 aliphatic rings. The first-order chi connectivity index (χ1) is 6.47. The van der Waals surface area contributed by atoms with Crippen molar-refractivity contribution >= 4 is 0 Å². The molecule has 1 rings (SSSR count). The summed E-state index contributed by atoms with van der Waals surface area (Å²) < 4.78 is 0. The molecule has 0 radical (unpaired) electrons. The molecule has 1 N–H and O–H groups in total. The van der Waals surface area contributed by atoms with Crippen LogP contribution >= 0.6 is 0 Å². The van der Waals surface area contributed by atoms with Gasteiger partial charge < -0.3 is 5.32 Å². The van der Waals surface area contributed by atoms with Crippen LogP contribution in [0.4, 0.5) is 0 Å². The number of piperidine rings is 1. The predicted octanol–water partition coefficient (Wildman–Crippen LogP) is 1.96. The van der Waals surface area contributed by atoms with Gasteiger partial charge in [0, 0.05) is 18.6 Å². The van der Waals surface area contributed by atoms with Crippen LogP contribution in [-0.2, 0) is 0 Å². The molecule has 1 saturated heterocycles. The molecular formula is C12H26N2. The van der Waals surface area contributed by atoms with Gasteiger partial charge >= 0.3 is 0 Å². The molecule has 2 heteroatoms. The van der Waals surface area contributed by atoms with Crippen LogP contribution in [-0.4, -0.2) is 37.1 Å². The molecule has 1 fully saturated rings. The molecule has 0 saturated carbocycles. The minimum absolute atomic E-state index is 0.309. The quantitative estimate of drug-likeness (QED) is 0.746. The molecule has 84 valence electrons. The molecule has 2 atom stereocenters. The van der Waals surface area contributed by atoms with Crippen LogP contribution in [0.1, 0.15) is 34.1 Å². The van der Waals surface area contributed by atoms with Gasteiger partial charge in [0.1, 0.15) is 0 Å². The van der Waals surface area contributed by atoms with Crippen molar-refractivity contribution in [3.63, 3.8) is 0 Å². The SMILES string of the molecule is CNCC(C)(C)N1CCC(C)C(C)C1. The Kier molecular flexibility index (Phi) is 3.96. The Bertz CT molecular complexity index is 177. The number of likely N-dealkylation sites (N-methyl/N-ethyl adjacent to an activating group) is 1. The number of hydrogen-bond acceptors (Lipinski definition) is 2. The van der Waals surface area contributed by atoms with Gasteiger partial charge in [-0.3, -0.25) is 4.90 Å². The second kappa shape index (κ2) is 4.63. The van der Waals surface area contributed by atoms with E-state index in [9.17, 15) is 0 Å². The molecule has 0 bridgehead atoms. The van der Waals surface area contributed by atoms with Crippen LogP contribution in [0.25, 0.3) is 0 Å². The van der Waals surface area contributed by atoms with Gasteiger partial charge in [-0.15, -0.1) is 0 Å². The van der Waals surface area contributed by atoms with E-state index in [1.54, 1.807) is 0 Å². The van der Waals surface area contributed by atoms with E-state index in [0.717, 1.165) is 18.4 Å². The first-order valence-electron chi connectivity index (χ1n) is 5.87. The van der Waals surface area contributed by atoms with Gasteiger partial charge in [0.25, 0.3) is 0 Å². The summed E-state index contributed by atoms with van der Waals surface area (Å²) in [6.07, 6.45) is 1.36. The summed E-state index contributed by atoms with van der Waals surface area (Å²) in [7, 11) is 2.04. The third kappa shape index (κ3) is 2.71. The number of nitrogens with one attached hydrogen (secondary N) is 1. The first-order valence-corrected chi connectivity index (χ1v) is 5.87. The lowest BCUT2D eigenvalue weighted by molar-refractivity contribution is 0.0486. The lowest BCUT2D eigenvalue weighted by Crippen LogP contribution is -2.54. The molecule has 0 aromatic heterocycles. The summed E-state index contributed by atoms with van der Waals surface area (Å²) in [5.74, 6) is 1.75. The van der Waals surface area contributed by atoms with Crippen LogP contribution in [0, 0.1) is 11.8 Å². The Morgan fingerprint density at radius 2 is 1.93 bits per heavy atom. The zero-order chi connectivity index (χ0) is 10.8. The van der Waals surface area contributed by atoms with Crippen LogP contribution in [0.2, 0.25) is 0 Å². The fraction of sp³-hybridized carbons (Fsp3) is 1.00. The molecule has 14 heavy (non-hydrogen) atoms. The zero-order valence-electron chi connectivity index (χ0n) is 10.4. The lowest BCUT2D eigenvalue weighted by Gasteiger charge is -2.45. The summed E-state index contributed by atoms with van der Waals surface area (Å²) in [6.45, 7) is 13.0. The average Bonchev–Trinajstić information content (AvgIpc) is 2.09. The third-order valence-corrected chi connectivity index (χ3v) is 3.80. The number of nitrogens with zero attached hydrogens (tertiary/aromatic N) is 1. The highest BCUT2D eigenvalue weighted by Gasteiger charge is 2.31. The monoisotopic (exact) mass is 198 g/mol. The molecule has 0 amide bonds. The lowest BCUT2D eigenvalue weighted by atomic mass is 9.86. The summed E-state index contributed by atoms with van der Waals surface area (Å²) in [5, 5.41) is 3.29. The first kappa shape index (κ1) is 12.0. The summed E-state index contributed by atoms with van der Waals surface area (Å²) >= 11 is 0. The minimum Gasteiger partial charge on any atom is -0.318 e. The van der Waals surface area contributed by atoms with E-state index in [-0.39, 0.29) is 0 Å². The van der Waals surface area contributed by atoms with E-state index in [0.29, 0.717) is 5.54 Å². The van der Waals surface area contributed by atoms with Crippen molar-refractivity contribution < 1.29 is 0 Å². The smallest absolute Gasteiger partial charge is 0.0277 e. The summed E-state index contributed by atoms with van der Waals surface area (Å²) in [5.41, 5.74) is 0.309. The Morgan fingerprint density at radius 1 is 1.29 bits per heavy atom.